The molecule has 1 heterocycles. The number of carbonyl (C=O) groups is 2. The number of carbonyl (C=O) groups excluding carboxylic acids is 1. The zero-order valence-corrected chi connectivity index (χ0v) is 15.3. The summed E-state index contributed by atoms with van der Waals surface area (Å²) in [6.45, 7) is -0.134. The van der Waals surface area contributed by atoms with E-state index < -0.39 is 29.7 Å². The molecule has 2 aromatic rings. The highest BCUT2D eigenvalue weighted by Crippen LogP contribution is 2.38. The molecule has 0 aliphatic carbocycles. The first-order valence-corrected chi connectivity index (χ1v) is 8.61. The number of benzene rings is 2. The van der Waals surface area contributed by atoms with Crippen molar-refractivity contribution in [1.82, 2.24) is 4.90 Å². The number of likely N-dealkylation sites (tertiary alicyclic amines) is 1. The highest BCUT2D eigenvalue weighted by Gasteiger charge is 2.40. The molecule has 1 N–H and O–H groups in total. The van der Waals surface area contributed by atoms with E-state index in [1.54, 1.807) is 30.3 Å². The summed E-state index contributed by atoms with van der Waals surface area (Å²) in [4.78, 5) is 29.9. The topological polar surface area (TPSA) is 79.2 Å². The van der Waals surface area contributed by atoms with Gasteiger partial charge in [0, 0.05) is 12.0 Å². The molecule has 0 unspecified atom stereocenters. The van der Waals surface area contributed by atoms with Crippen molar-refractivity contribution in [3.05, 3.63) is 59.7 Å². The molecule has 1 amide bonds. The Morgan fingerprint density at radius 1 is 1.17 bits per heavy atom. The molecule has 0 bridgehead atoms. The van der Waals surface area contributed by atoms with Crippen molar-refractivity contribution in [2.45, 2.75) is 18.6 Å². The normalized spacial score (nSPS) is 18.1. The van der Waals surface area contributed by atoms with Gasteiger partial charge in [0.25, 0.3) is 5.91 Å². The number of carboxylic acid groups (broad SMARTS) is 1. The lowest BCUT2D eigenvalue weighted by Gasteiger charge is -2.22. The van der Waals surface area contributed by atoms with Gasteiger partial charge in [-0.05, 0) is 23.3 Å². The van der Waals surface area contributed by atoms with Crippen LogP contribution in [-0.4, -0.2) is 47.3 Å². The average Bonchev–Trinajstić information content (AvgIpc) is 3.11. The van der Waals surface area contributed by atoms with Crippen LogP contribution in [0.25, 0.3) is 11.1 Å². The van der Waals surface area contributed by atoms with Gasteiger partial charge in [-0.2, -0.15) is 13.2 Å². The minimum Gasteiger partial charge on any atom is -0.480 e. The Bertz CT molecular complexity index is 958. The number of rotatable bonds is 4. The van der Waals surface area contributed by atoms with Gasteiger partial charge in [-0.1, -0.05) is 41.6 Å². The van der Waals surface area contributed by atoms with Crippen LogP contribution in [0.3, 0.4) is 0 Å². The molecule has 2 aromatic carbocycles. The van der Waals surface area contributed by atoms with Gasteiger partial charge in [-0.15, -0.1) is 0 Å². The van der Waals surface area contributed by atoms with Crippen LogP contribution in [0.4, 0.5) is 13.2 Å². The average molecular weight is 406 g/mol. The molecule has 0 saturated carbocycles. The van der Waals surface area contributed by atoms with E-state index >= 15 is 0 Å². The molecule has 0 aromatic heterocycles. The molecule has 0 spiro atoms. The fraction of sp³-hybridized carbons (Fsp3) is 0.250. The first-order chi connectivity index (χ1) is 13.7. The molecule has 3 rings (SSSR count). The SMILES string of the molecule is CON=C1C[C@@H](C(=O)O)N(C(=O)c2ccc(-c3ccccc3)c(C(F)(F)F)c2)C1. The first kappa shape index (κ1) is 20.4. The summed E-state index contributed by atoms with van der Waals surface area (Å²) in [5.41, 5.74) is -0.594. The van der Waals surface area contributed by atoms with Crippen molar-refractivity contribution in [2.75, 3.05) is 13.7 Å². The number of nitrogens with zero attached hydrogens (tertiary/aromatic N) is 2. The Labute approximate surface area is 164 Å². The lowest BCUT2D eigenvalue weighted by Crippen LogP contribution is -2.40. The quantitative estimate of drug-likeness (QED) is 0.786. The lowest BCUT2D eigenvalue weighted by molar-refractivity contribution is -0.141. The summed E-state index contributed by atoms with van der Waals surface area (Å²) in [6, 6.07) is 10.0. The molecule has 9 heteroatoms. The van der Waals surface area contributed by atoms with E-state index in [-0.39, 0.29) is 24.1 Å². The van der Waals surface area contributed by atoms with E-state index in [2.05, 4.69) is 9.99 Å². The third-order valence-electron chi connectivity index (χ3n) is 4.58. The van der Waals surface area contributed by atoms with Crippen molar-refractivity contribution in [3.63, 3.8) is 0 Å². The van der Waals surface area contributed by atoms with E-state index in [0.29, 0.717) is 11.3 Å². The largest absolute Gasteiger partial charge is 0.480 e. The first-order valence-electron chi connectivity index (χ1n) is 8.61. The van der Waals surface area contributed by atoms with Crippen LogP contribution in [0.2, 0.25) is 0 Å². The van der Waals surface area contributed by atoms with Crippen molar-refractivity contribution in [1.29, 1.82) is 0 Å². The number of oxime groups is 1. The van der Waals surface area contributed by atoms with Gasteiger partial charge < -0.3 is 14.8 Å². The van der Waals surface area contributed by atoms with E-state index in [9.17, 15) is 27.9 Å². The van der Waals surface area contributed by atoms with Crippen LogP contribution in [0.1, 0.15) is 22.3 Å². The molecule has 6 nitrogen and oxygen atoms in total. The number of amides is 1. The maximum Gasteiger partial charge on any atom is 0.417 e. The van der Waals surface area contributed by atoms with Crippen molar-refractivity contribution >= 4 is 17.6 Å². The van der Waals surface area contributed by atoms with E-state index in [1.165, 1.54) is 19.2 Å². The predicted octanol–water partition coefficient (Wildman–Crippen LogP) is 3.67. The summed E-state index contributed by atoms with van der Waals surface area (Å²) in [5, 5.41) is 13.0. The standard InChI is InChI=1S/C20H17F3N2O4/c1-29-24-14-10-17(19(27)28)25(11-14)18(26)13-7-8-15(12-5-3-2-4-6-12)16(9-13)20(21,22)23/h2-9,17H,10-11H2,1H3,(H,27,28)/t17-/m0/s1. The summed E-state index contributed by atoms with van der Waals surface area (Å²) in [7, 11) is 1.28. The Balaban J connectivity index is 2.02. The zero-order chi connectivity index (χ0) is 21.2. The highest BCUT2D eigenvalue weighted by atomic mass is 19.4. The van der Waals surface area contributed by atoms with Crippen LogP contribution < -0.4 is 0 Å². The smallest absolute Gasteiger partial charge is 0.417 e. The third kappa shape index (κ3) is 4.23. The number of carboxylic acids is 1. The molecule has 1 aliphatic rings. The number of halogens is 3. The van der Waals surface area contributed by atoms with Crippen LogP contribution in [-0.2, 0) is 15.8 Å². The Kier molecular flexibility index (Phi) is 5.58. The lowest BCUT2D eigenvalue weighted by atomic mass is 9.96. The van der Waals surface area contributed by atoms with E-state index in [0.717, 1.165) is 11.0 Å². The summed E-state index contributed by atoms with van der Waals surface area (Å²) in [6.07, 6.45) is -4.75. The van der Waals surface area contributed by atoms with Gasteiger partial charge in [0.2, 0.25) is 0 Å². The number of hydrogen-bond donors (Lipinski definition) is 1. The second kappa shape index (κ2) is 7.94. The number of alkyl halides is 3. The van der Waals surface area contributed by atoms with Crippen LogP contribution in [0.15, 0.2) is 53.7 Å². The van der Waals surface area contributed by atoms with Gasteiger partial charge in [0.1, 0.15) is 13.2 Å². The zero-order valence-electron chi connectivity index (χ0n) is 15.3. The number of hydrogen-bond acceptors (Lipinski definition) is 4. The highest BCUT2D eigenvalue weighted by molar-refractivity contribution is 6.04. The molecule has 152 valence electrons. The van der Waals surface area contributed by atoms with E-state index in [4.69, 9.17) is 0 Å². The predicted molar refractivity (Wildman–Crippen MR) is 98.4 cm³/mol. The van der Waals surface area contributed by atoms with Gasteiger partial charge in [-0.3, -0.25) is 4.79 Å². The fourth-order valence-corrected chi connectivity index (χ4v) is 3.28. The van der Waals surface area contributed by atoms with Crippen LogP contribution >= 0.6 is 0 Å². The summed E-state index contributed by atoms with van der Waals surface area (Å²) >= 11 is 0. The Hall–Kier alpha value is -3.36. The molecular formula is C20H17F3N2O4. The van der Waals surface area contributed by atoms with E-state index in [1.807, 2.05) is 0 Å². The van der Waals surface area contributed by atoms with Gasteiger partial charge >= 0.3 is 12.1 Å². The second-order valence-corrected chi connectivity index (χ2v) is 6.46. The van der Waals surface area contributed by atoms with Crippen LogP contribution in [0, 0.1) is 0 Å². The van der Waals surface area contributed by atoms with Crippen LogP contribution in [0.5, 0.6) is 0 Å². The van der Waals surface area contributed by atoms with Gasteiger partial charge in [0.05, 0.1) is 17.8 Å². The van der Waals surface area contributed by atoms with Crippen molar-refractivity contribution < 1.29 is 32.7 Å². The molecule has 1 saturated heterocycles. The monoisotopic (exact) mass is 406 g/mol. The molecule has 1 aliphatic heterocycles. The fourth-order valence-electron chi connectivity index (χ4n) is 3.28. The third-order valence-corrected chi connectivity index (χ3v) is 4.58. The maximum absolute atomic E-state index is 13.7. The van der Waals surface area contributed by atoms with Gasteiger partial charge in [-0.25, -0.2) is 4.79 Å². The molecule has 1 atom stereocenters. The minimum absolute atomic E-state index is 0.0524. The molecule has 0 radical (unpaired) electrons. The molecule has 29 heavy (non-hydrogen) atoms. The Morgan fingerprint density at radius 2 is 1.86 bits per heavy atom. The summed E-state index contributed by atoms with van der Waals surface area (Å²) < 4.78 is 41.0. The summed E-state index contributed by atoms with van der Waals surface area (Å²) in [5.74, 6) is -2.08. The second-order valence-electron chi connectivity index (χ2n) is 6.46. The molecular weight excluding hydrogens is 389 g/mol. The van der Waals surface area contributed by atoms with Gasteiger partial charge in [0.15, 0.2) is 0 Å². The van der Waals surface area contributed by atoms with Crippen molar-refractivity contribution in [2.24, 2.45) is 5.16 Å². The van der Waals surface area contributed by atoms with Crippen molar-refractivity contribution in [3.8, 4) is 11.1 Å². The molecule has 1 fully saturated rings. The maximum atomic E-state index is 13.7. The Morgan fingerprint density at radius 3 is 2.45 bits per heavy atom. The number of aliphatic carboxylic acids is 1. The minimum atomic E-state index is -4.69.